The highest BCUT2D eigenvalue weighted by molar-refractivity contribution is 5.98. The lowest BCUT2D eigenvalue weighted by Gasteiger charge is -2.18. The smallest absolute Gasteiger partial charge is 0.319 e. The Morgan fingerprint density at radius 3 is 2.40 bits per heavy atom. The summed E-state index contributed by atoms with van der Waals surface area (Å²) in [5.41, 5.74) is 3.48. The van der Waals surface area contributed by atoms with Crippen LogP contribution in [0.5, 0.6) is 5.75 Å². The normalized spacial score (nSPS) is 15.7. The average Bonchev–Trinajstić information content (AvgIpc) is 3.14. The topological polar surface area (TPSA) is 70.7 Å². The number of hydrogen-bond donors (Lipinski definition) is 2. The number of urea groups is 1. The molecule has 0 saturated carbocycles. The number of carbonyl (C=O) groups excluding carboxylic acids is 2. The Bertz CT molecular complexity index is 1040. The van der Waals surface area contributed by atoms with Crippen LogP contribution in [0.3, 0.4) is 0 Å². The van der Waals surface area contributed by atoms with Crippen LogP contribution in [0.25, 0.3) is 11.1 Å². The van der Waals surface area contributed by atoms with E-state index in [2.05, 4.69) is 10.6 Å². The molecule has 1 aliphatic rings. The Kier molecular flexibility index (Phi) is 5.66. The van der Waals surface area contributed by atoms with E-state index in [1.165, 1.54) is 0 Å². The van der Waals surface area contributed by atoms with Gasteiger partial charge in [-0.3, -0.25) is 4.79 Å². The first-order valence-corrected chi connectivity index (χ1v) is 9.80. The van der Waals surface area contributed by atoms with Gasteiger partial charge in [0.25, 0.3) is 0 Å². The van der Waals surface area contributed by atoms with E-state index in [1.807, 2.05) is 78.9 Å². The molecule has 1 aliphatic heterocycles. The number of anilines is 2. The van der Waals surface area contributed by atoms with Crippen LogP contribution in [0, 0.1) is 0 Å². The number of amides is 3. The maximum atomic E-state index is 12.6. The zero-order valence-corrected chi connectivity index (χ0v) is 16.7. The van der Waals surface area contributed by atoms with E-state index in [1.54, 1.807) is 12.0 Å². The Balaban J connectivity index is 1.41. The van der Waals surface area contributed by atoms with E-state index in [9.17, 15) is 9.59 Å². The summed E-state index contributed by atoms with van der Waals surface area (Å²) in [5.74, 6) is 0.715. The summed E-state index contributed by atoms with van der Waals surface area (Å²) < 4.78 is 5.16. The van der Waals surface area contributed by atoms with Gasteiger partial charge in [0, 0.05) is 24.2 Å². The molecule has 2 N–H and O–H groups in total. The fraction of sp³-hybridized carbons (Fsp3) is 0.167. The number of carbonyl (C=O) groups is 2. The minimum Gasteiger partial charge on any atom is -0.497 e. The van der Waals surface area contributed by atoms with Crippen LogP contribution in [0.4, 0.5) is 16.2 Å². The molecule has 0 spiro atoms. The molecule has 0 radical (unpaired) electrons. The van der Waals surface area contributed by atoms with Gasteiger partial charge in [0.1, 0.15) is 5.75 Å². The molecule has 0 aromatic heterocycles. The molecule has 0 aliphatic carbocycles. The highest BCUT2D eigenvalue weighted by atomic mass is 16.5. The number of benzene rings is 3. The van der Waals surface area contributed by atoms with Gasteiger partial charge >= 0.3 is 6.03 Å². The Morgan fingerprint density at radius 2 is 1.67 bits per heavy atom. The van der Waals surface area contributed by atoms with Crippen LogP contribution in [0.15, 0.2) is 78.9 Å². The highest BCUT2D eigenvalue weighted by Crippen LogP contribution is 2.28. The quantitative estimate of drug-likeness (QED) is 0.670. The Morgan fingerprint density at radius 1 is 0.967 bits per heavy atom. The van der Waals surface area contributed by atoms with Gasteiger partial charge in [0.05, 0.1) is 18.8 Å². The van der Waals surface area contributed by atoms with Crippen LogP contribution in [-0.4, -0.2) is 31.6 Å². The standard InChI is InChI=1S/C24H23N3O3/c1-30-20-13-11-19(12-14-20)27-16-18(15-23(27)28)25-24(29)26-22-10-6-5-9-21(22)17-7-3-2-4-8-17/h2-14,18H,15-16H2,1H3,(H2,25,26,29). The van der Waals surface area contributed by atoms with Crippen molar-refractivity contribution in [2.45, 2.75) is 12.5 Å². The summed E-state index contributed by atoms with van der Waals surface area (Å²) >= 11 is 0. The highest BCUT2D eigenvalue weighted by Gasteiger charge is 2.31. The van der Waals surface area contributed by atoms with Crippen molar-refractivity contribution in [3.63, 3.8) is 0 Å². The third-order valence-electron chi connectivity index (χ3n) is 5.10. The fourth-order valence-electron chi connectivity index (χ4n) is 3.62. The molecule has 1 saturated heterocycles. The summed E-state index contributed by atoms with van der Waals surface area (Å²) in [4.78, 5) is 26.7. The predicted molar refractivity (Wildman–Crippen MR) is 118 cm³/mol. The molecular weight excluding hydrogens is 378 g/mol. The second kappa shape index (κ2) is 8.69. The maximum absolute atomic E-state index is 12.6. The molecular formula is C24H23N3O3. The number of rotatable bonds is 5. The summed E-state index contributed by atoms with van der Waals surface area (Å²) in [6.45, 7) is 0.429. The van der Waals surface area contributed by atoms with Gasteiger partial charge in [-0.25, -0.2) is 4.79 Å². The lowest BCUT2D eigenvalue weighted by molar-refractivity contribution is -0.117. The van der Waals surface area contributed by atoms with Gasteiger partial charge in [0.2, 0.25) is 5.91 Å². The number of hydrogen-bond acceptors (Lipinski definition) is 3. The third-order valence-corrected chi connectivity index (χ3v) is 5.10. The summed E-state index contributed by atoms with van der Waals surface area (Å²) in [7, 11) is 1.60. The second-order valence-corrected chi connectivity index (χ2v) is 7.11. The molecule has 30 heavy (non-hydrogen) atoms. The van der Waals surface area contributed by atoms with Gasteiger partial charge in [-0.05, 0) is 35.9 Å². The monoisotopic (exact) mass is 401 g/mol. The van der Waals surface area contributed by atoms with E-state index < -0.39 is 0 Å². The van der Waals surface area contributed by atoms with Gasteiger partial charge in [0.15, 0.2) is 0 Å². The lowest BCUT2D eigenvalue weighted by Crippen LogP contribution is -2.39. The Labute approximate surface area is 175 Å². The van der Waals surface area contributed by atoms with E-state index in [0.717, 1.165) is 28.3 Å². The van der Waals surface area contributed by atoms with Gasteiger partial charge in [-0.2, -0.15) is 0 Å². The van der Waals surface area contributed by atoms with Crippen molar-refractivity contribution in [3.05, 3.63) is 78.9 Å². The first-order chi connectivity index (χ1) is 14.6. The summed E-state index contributed by atoms with van der Waals surface area (Å²) in [5, 5.41) is 5.85. The van der Waals surface area contributed by atoms with Gasteiger partial charge in [-0.15, -0.1) is 0 Å². The zero-order chi connectivity index (χ0) is 20.9. The van der Waals surface area contributed by atoms with Crippen LogP contribution < -0.4 is 20.3 Å². The molecule has 0 bridgehead atoms. The van der Waals surface area contributed by atoms with Crippen molar-refractivity contribution in [1.82, 2.24) is 5.32 Å². The second-order valence-electron chi connectivity index (χ2n) is 7.11. The molecule has 1 atom stereocenters. The first-order valence-electron chi connectivity index (χ1n) is 9.80. The molecule has 6 heteroatoms. The van der Waals surface area contributed by atoms with Crippen molar-refractivity contribution in [2.24, 2.45) is 0 Å². The maximum Gasteiger partial charge on any atom is 0.319 e. The molecule has 1 fully saturated rings. The van der Waals surface area contributed by atoms with Crippen molar-refractivity contribution in [3.8, 4) is 16.9 Å². The number of methoxy groups -OCH3 is 1. The number of para-hydroxylation sites is 1. The lowest BCUT2D eigenvalue weighted by atomic mass is 10.0. The number of ether oxygens (including phenoxy) is 1. The SMILES string of the molecule is COc1ccc(N2CC(NC(=O)Nc3ccccc3-c3ccccc3)CC2=O)cc1. The molecule has 6 nitrogen and oxygen atoms in total. The first kappa shape index (κ1) is 19.5. The van der Waals surface area contributed by atoms with Crippen LogP contribution in [0.2, 0.25) is 0 Å². The Hall–Kier alpha value is -3.80. The predicted octanol–water partition coefficient (Wildman–Crippen LogP) is 4.29. The van der Waals surface area contributed by atoms with Crippen LogP contribution in [0.1, 0.15) is 6.42 Å². The molecule has 1 heterocycles. The van der Waals surface area contributed by atoms with E-state index >= 15 is 0 Å². The van der Waals surface area contributed by atoms with Gasteiger partial charge in [-0.1, -0.05) is 48.5 Å². The average molecular weight is 401 g/mol. The minimum absolute atomic E-state index is 0.0184. The van der Waals surface area contributed by atoms with E-state index in [-0.39, 0.29) is 24.4 Å². The fourth-order valence-corrected chi connectivity index (χ4v) is 3.62. The molecule has 3 aromatic rings. The zero-order valence-electron chi connectivity index (χ0n) is 16.7. The largest absolute Gasteiger partial charge is 0.497 e. The van der Waals surface area contributed by atoms with Crippen LogP contribution >= 0.6 is 0 Å². The molecule has 4 rings (SSSR count). The van der Waals surface area contributed by atoms with Crippen molar-refractivity contribution >= 4 is 23.3 Å². The summed E-state index contributed by atoms with van der Waals surface area (Å²) in [6, 6.07) is 24.3. The number of nitrogens with one attached hydrogen (secondary N) is 2. The van der Waals surface area contributed by atoms with E-state index in [0.29, 0.717) is 6.54 Å². The summed E-state index contributed by atoms with van der Waals surface area (Å²) in [6.07, 6.45) is 0.264. The van der Waals surface area contributed by atoms with Crippen LogP contribution in [-0.2, 0) is 4.79 Å². The molecule has 3 aromatic carbocycles. The van der Waals surface area contributed by atoms with Gasteiger partial charge < -0.3 is 20.3 Å². The molecule has 3 amide bonds. The van der Waals surface area contributed by atoms with Crippen molar-refractivity contribution in [2.75, 3.05) is 23.9 Å². The minimum atomic E-state index is -0.326. The van der Waals surface area contributed by atoms with Crippen molar-refractivity contribution < 1.29 is 14.3 Å². The molecule has 152 valence electrons. The number of nitrogens with zero attached hydrogens (tertiary/aromatic N) is 1. The van der Waals surface area contributed by atoms with Crippen molar-refractivity contribution in [1.29, 1.82) is 0 Å². The third kappa shape index (κ3) is 4.27. The molecule has 1 unspecified atom stereocenters. The van der Waals surface area contributed by atoms with E-state index in [4.69, 9.17) is 4.74 Å².